The molecular formula is C16H17NO3. The van der Waals surface area contributed by atoms with Crippen molar-refractivity contribution < 1.29 is 14.3 Å². The summed E-state index contributed by atoms with van der Waals surface area (Å²) in [6.07, 6.45) is 7.19. The number of ether oxygens (including phenoxy) is 1. The summed E-state index contributed by atoms with van der Waals surface area (Å²) >= 11 is 0. The normalized spacial score (nSPS) is 23.8. The van der Waals surface area contributed by atoms with Crippen molar-refractivity contribution in [1.29, 1.82) is 0 Å². The minimum absolute atomic E-state index is 0.0668. The SMILES string of the molecule is COC(=O)c1ccccc1C(=O)N1C2C=CCC1CC2. The number of amides is 1. The Hall–Kier alpha value is -2.10. The number of benzene rings is 1. The van der Waals surface area contributed by atoms with Crippen LogP contribution < -0.4 is 0 Å². The van der Waals surface area contributed by atoms with E-state index in [1.54, 1.807) is 24.3 Å². The number of carbonyl (C=O) groups is 2. The van der Waals surface area contributed by atoms with Gasteiger partial charge >= 0.3 is 5.97 Å². The van der Waals surface area contributed by atoms with E-state index in [9.17, 15) is 9.59 Å². The first kappa shape index (κ1) is 12.9. The highest BCUT2D eigenvalue weighted by atomic mass is 16.5. The van der Waals surface area contributed by atoms with Crippen LogP contribution in [0.15, 0.2) is 36.4 Å². The molecule has 2 unspecified atom stereocenters. The number of hydrogen-bond donors (Lipinski definition) is 0. The van der Waals surface area contributed by atoms with Crippen LogP contribution in [-0.4, -0.2) is 36.0 Å². The molecule has 1 aromatic rings. The molecule has 0 radical (unpaired) electrons. The van der Waals surface area contributed by atoms with Gasteiger partial charge in [0.2, 0.25) is 0 Å². The number of nitrogens with zero attached hydrogens (tertiary/aromatic N) is 1. The molecule has 0 aliphatic carbocycles. The molecule has 1 saturated heterocycles. The Balaban J connectivity index is 1.96. The largest absolute Gasteiger partial charge is 0.465 e. The molecule has 0 spiro atoms. The van der Waals surface area contributed by atoms with Crippen LogP contribution in [0.1, 0.15) is 40.0 Å². The summed E-state index contributed by atoms with van der Waals surface area (Å²) in [5.74, 6) is -0.531. The first-order chi connectivity index (χ1) is 9.72. The monoisotopic (exact) mass is 271 g/mol. The second-order valence-electron chi connectivity index (χ2n) is 5.21. The van der Waals surface area contributed by atoms with Crippen molar-refractivity contribution in [3.8, 4) is 0 Å². The van der Waals surface area contributed by atoms with Crippen molar-refractivity contribution in [3.63, 3.8) is 0 Å². The Kier molecular flexibility index (Phi) is 3.30. The highest BCUT2D eigenvalue weighted by Crippen LogP contribution is 2.33. The topological polar surface area (TPSA) is 46.6 Å². The zero-order valence-corrected chi connectivity index (χ0v) is 11.4. The van der Waals surface area contributed by atoms with Gasteiger partial charge in [-0.25, -0.2) is 4.79 Å². The van der Waals surface area contributed by atoms with Crippen LogP contribution in [0, 0.1) is 0 Å². The number of hydrogen-bond acceptors (Lipinski definition) is 3. The van der Waals surface area contributed by atoms with Crippen molar-refractivity contribution in [1.82, 2.24) is 4.90 Å². The third-order valence-corrected chi connectivity index (χ3v) is 4.11. The minimum Gasteiger partial charge on any atom is -0.465 e. The Labute approximate surface area is 118 Å². The minimum atomic E-state index is -0.464. The molecule has 0 aromatic heterocycles. The molecule has 0 N–H and O–H groups in total. The lowest BCUT2D eigenvalue weighted by molar-refractivity contribution is 0.0583. The maximum absolute atomic E-state index is 12.8. The molecule has 3 rings (SSSR count). The second-order valence-corrected chi connectivity index (χ2v) is 5.21. The zero-order valence-electron chi connectivity index (χ0n) is 11.4. The highest BCUT2D eigenvalue weighted by Gasteiger charge is 2.38. The van der Waals surface area contributed by atoms with Crippen LogP contribution in [-0.2, 0) is 4.74 Å². The Morgan fingerprint density at radius 1 is 1.20 bits per heavy atom. The van der Waals surface area contributed by atoms with E-state index in [4.69, 9.17) is 4.74 Å². The van der Waals surface area contributed by atoms with Crippen molar-refractivity contribution >= 4 is 11.9 Å². The number of fused-ring (bicyclic) bond motifs is 2. The summed E-state index contributed by atoms with van der Waals surface area (Å²) in [6, 6.07) is 7.30. The highest BCUT2D eigenvalue weighted by molar-refractivity contribution is 6.05. The van der Waals surface area contributed by atoms with Crippen molar-refractivity contribution in [3.05, 3.63) is 47.5 Å². The van der Waals surface area contributed by atoms with E-state index in [0.717, 1.165) is 19.3 Å². The average Bonchev–Trinajstić information content (AvgIpc) is 2.74. The van der Waals surface area contributed by atoms with Gasteiger partial charge in [-0.15, -0.1) is 0 Å². The molecule has 1 aromatic carbocycles. The summed E-state index contributed by atoms with van der Waals surface area (Å²) in [6.45, 7) is 0. The summed E-state index contributed by atoms with van der Waals surface area (Å²) in [4.78, 5) is 26.5. The molecule has 2 heterocycles. The lowest BCUT2D eigenvalue weighted by atomic mass is 10.0. The maximum atomic E-state index is 12.8. The predicted molar refractivity (Wildman–Crippen MR) is 74.5 cm³/mol. The molecule has 4 nitrogen and oxygen atoms in total. The fourth-order valence-electron chi connectivity index (χ4n) is 3.14. The van der Waals surface area contributed by atoms with Crippen LogP contribution >= 0.6 is 0 Å². The summed E-state index contributed by atoms with van der Waals surface area (Å²) in [5.41, 5.74) is 0.778. The Morgan fingerprint density at radius 3 is 2.65 bits per heavy atom. The second kappa shape index (κ2) is 5.12. The van der Waals surface area contributed by atoms with Gasteiger partial charge in [0.1, 0.15) is 0 Å². The molecule has 1 amide bonds. The van der Waals surface area contributed by atoms with Gasteiger partial charge in [0.05, 0.1) is 24.3 Å². The summed E-state index contributed by atoms with van der Waals surface area (Å²) < 4.78 is 4.76. The van der Waals surface area contributed by atoms with Crippen molar-refractivity contribution in [2.24, 2.45) is 0 Å². The number of esters is 1. The van der Waals surface area contributed by atoms with Crippen LogP contribution in [0.5, 0.6) is 0 Å². The standard InChI is InChI=1S/C16H17NO3/c1-20-16(19)14-8-3-2-7-13(14)15(18)17-11-5-4-6-12(17)10-9-11/h2-5,7-8,11-12H,6,9-10H2,1H3. The van der Waals surface area contributed by atoms with Crippen LogP contribution in [0.3, 0.4) is 0 Å². The van der Waals surface area contributed by atoms with Gasteiger partial charge < -0.3 is 9.64 Å². The maximum Gasteiger partial charge on any atom is 0.338 e. The average molecular weight is 271 g/mol. The van der Waals surface area contributed by atoms with E-state index < -0.39 is 5.97 Å². The third kappa shape index (κ3) is 2.01. The van der Waals surface area contributed by atoms with Crippen molar-refractivity contribution in [2.45, 2.75) is 31.3 Å². The first-order valence-corrected chi connectivity index (χ1v) is 6.89. The summed E-state index contributed by atoms with van der Waals surface area (Å²) in [5, 5.41) is 0. The molecular weight excluding hydrogens is 254 g/mol. The van der Waals surface area contributed by atoms with E-state index in [-0.39, 0.29) is 18.0 Å². The van der Waals surface area contributed by atoms with E-state index >= 15 is 0 Å². The summed E-state index contributed by atoms with van der Waals surface area (Å²) in [7, 11) is 1.33. The van der Waals surface area contributed by atoms with Gasteiger partial charge in [0.25, 0.3) is 5.91 Å². The molecule has 2 atom stereocenters. The van der Waals surface area contributed by atoms with Crippen molar-refractivity contribution in [2.75, 3.05) is 7.11 Å². The quantitative estimate of drug-likeness (QED) is 0.613. The fourth-order valence-corrected chi connectivity index (χ4v) is 3.14. The van der Waals surface area contributed by atoms with Crippen LogP contribution in [0.4, 0.5) is 0 Å². The first-order valence-electron chi connectivity index (χ1n) is 6.89. The molecule has 1 fully saturated rings. The molecule has 104 valence electrons. The Bertz CT molecular complexity index is 579. The van der Waals surface area contributed by atoms with E-state index in [1.165, 1.54) is 7.11 Å². The predicted octanol–water partition coefficient (Wildman–Crippen LogP) is 2.41. The van der Waals surface area contributed by atoms with Gasteiger partial charge in [-0.1, -0.05) is 24.3 Å². The van der Waals surface area contributed by atoms with Gasteiger partial charge in [0.15, 0.2) is 0 Å². The third-order valence-electron chi connectivity index (χ3n) is 4.11. The van der Waals surface area contributed by atoms with Gasteiger partial charge in [-0.05, 0) is 31.4 Å². The van der Waals surface area contributed by atoms with Gasteiger partial charge in [-0.3, -0.25) is 4.79 Å². The lowest BCUT2D eigenvalue weighted by Crippen LogP contribution is -2.42. The van der Waals surface area contributed by atoms with E-state index in [0.29, 0.717) is 11.1 Å². The number of carbonyl (C=O) groups excluding carboxylic acids is 2. The molecule has 20 heavy (non-hydrogen) atoms. The van der Waals surface area contributed by atoms with Gasteiger partial charge in [0, 0.05) is 6.04 Å². The molecule has 2 bridgehead atoms. The van der Waals surface area contributed by atoms with Crippen LogP contribution in [0.25, 0.3) is 0 Å². The smallest absolute Gasteiger partial charge is 0.338 e. The molecule has 2 aliphatic heterocycles. The number of methoxy groups -OCH3 is 1. The van der Waals surface area contributed by atoms with Gasteiger partial charge in [-0.2, -0.15) is 0 Å². The van der Waals surface area contributed by atoms with E-state index in [2.05, 4.69) is 12.2 Å². The molecule has 0 saturated carbocycles. The number of rotatable bonds is 2. The molecule has 2 aliphatic rings. The van der Waals surface area contributed by atoms with Crippen LogP contribution in [0.2, 0.25) is 0 Å². The lowest BCUT2D eigenvalue weighted by Gasteiger charge is -2.31. The van der Waals surface area contributed by atoms with E-state index in [1.807, 2.05) is 4.90 Å². The zero-order chi connectivity index (χ0) is 14.1. The molecule has 4 heteroatoms. The fraction of sp³-hybridized carbons (Fsp3) is 0.375. The Morgan fingerprint density at radius 2 is 1.95 bits per heavy atom.